The monoisotopic (exact) mass is 288 g/mol. The van der Waals surface area contributed by atoms with Crippen molar-refractivity contribution < 1.29 is 8.42 Å². The number of rotatable bonds is 11. The molecule has 0 fully saturated rings. The van der Waals surface area contributed by atoms with E-state index in [2.05, 4.69) is 21.9 Å². The topological polar surface area (TPSA) is 76.0 Å². The number of nitrogens with one attached hydrogen (secondary N) is 2. The molecular formula is C12H24N4O2S. The first-order valence-corrected chi connectivity index (χ1v) is 8.43. The summed E-state index contributed by atoms with van der Waals surface area (Å²) in [7, 11) is -3.12. The van der Waals surface area contributed by atoms with E-state index in [4.69, 9.17) is 0 Å². The van der Waals surface area contributed by atoms with E-state index in [1.54, 1.807) is 12.5 Å². The molecule has 6 nitrogen and oxygen atoms in total. The third-order valence-electron chi connectivity index (χ3n) is 2.67. The fourth-order valence-electron chi connectivity index (χ4n) is 1.67. The van der Waals surface area contributed by atoms with Crippen LogP contribution in [-0.4, -0.2) is 43.4 Å². The van der Waals surface area contributed by atoms with Gasteiger partial charge in [0.1, 0.15) is 0 Å². The quantitative estimate of drug-likeness (QED) is 0.584. The van der Waals surface area contributed by atoms with Crippen LogP contribution in [0.5, 0.6) is 0 Å². The lowest BCUT2D eigenvalue weighted by atomic mass is 10.4. The molecule has 0 amide bonds. The van der Waals surface area contributed by atoms with Crippen molar-refractivity contribution in [1.29, 1.82) is 0 Å². The molecule has 0 aliphatic rings. The molecule has 0 aliphatic carbocycles. The molecule has 2 N–H and O–H groups in total. The number of hydrogen-bond donors (Lipinski definition) is 2. The highest BCUT2D eigenvalue weighted by atomic mass is 32.2. The van der Waals surface area contributed by atoms with Crippen LogP contribution in [0, 0.1) is 0 Å². The predicted molar refractivity (Wildman–Crippen MR) is 76.4 cm³/mol. The Balaban J connectivity index is 2.06. The Labute approximate surface area is 115 Å². The van der Waals surface area contributed by atoms with Gasteiger partial charge in [-0.3, -0.25) is 0 Å². The van der Waals surface area contributed by atoms with E-state index in [9.17, 15) is 8.42 Å². The summed E-state index contributed by atoms with van der Waals surface area (Å²) in [5.74, 6) is 0.189. The third-order valence-corrected chi connectivity index (χ3v) is 4.14. The molecule has 1 aromatic rings. The van der Waals surface area contributed by atoms with Crippen LogP contribution < -0.4 is 10.0 Å². The van der Waals surface area contributed by atoms with Gasteiger partial charge >= 0.3 is 0 Å². The molecule has 1 aromatic heterocycles. The number of sulfonamides is 1. The summed E-state index contributed by atoms with van der Waals surface area (Å²) in [6, 6.07) is 0. The lowest BCUT2D eigenvalue weighted by molar-refractivity contribution is 0.564. The van der Waals surface area contributed by atoms with Gasteiger partial charge in [0.2, 0.25) is 10.0 Å². The average molecular weight is 288 g/mol. The van der Waals surface area contributed by atoms with Crippen molar-refractivity contribution in [2.45, 2.75) is 32.7 Å². The zero-order valence-corrected chi connectivity index (χ0v) is 12.3. The van der Waals surface area contributed by atoms with Crippen LogP contribution in [0.25, 0.3) is 0 Å². The van der Waals surface area contributed by atoms with E-state index in [-0.39, 0.29) is 5.75 Å². The molecule has 0 saturated heterocycles. The molecule has 0 unspecified atom stereocenters. The summed E-state index contributed by atoms with van der Waals surface area (Å²) in [5.41, 5.74) is 0. The zero-order chi connectivity index (χ0) is 14.0. The minimum Gasteiger partial charge on any atom is -0.337 e. The molecule has 19 heavy (non-hydrogen) atoms. The Morgan fingerprint density at radius 1 is 1.21 bits per heavy atom. The van der Waals surface area contributed by atoms with E-state index < -0.39 is 10.0 Å². The number of nitrogens with zero attached hydrogens (tertiary/aromatic N) is 2. The van der Waals surface area contributed by atoms with Gasteiger partial charge < -0.3 is 9.88 Å². The molecule has 1 rings (SSSR count). The van der Waals surface area contributed by atoms with Crippen molar-refractivity contribution in [3.8, 4) is 0 Å². The van der Waals surface area contributed by atoms with Gasteiger partial charge in [-0.25, -0.2) is 18.1 Å². The minimum atomic E-state index is -3.12. The molecular weight excluding hydrogens is 264 g/mol. The van der Waals surface area contributed by atoms with Crippen LogP contribution in [-0.2, 0) is 16.6 Å². The van der Waals surface area contributed by atoms with E-state index >= 15 is 0 Å². The largest absolute Gasteiger partial charge is 0.337 e. The molecule has 0 saturated carbocycles. The number of hydrogen-bond acceptors (Lipinski definition) is 4. The summed E-state index contributed by atoms with van der Waals surface area (Å²) in [4.78, 5) is 3.93. The number of aromatic nitrogens is 2. The summed E-state index contributed by atoms with van der Waals surface area (Å²) >= 11 is 0. The van der Waals surface area contributed by atoms with E-state index in [1.165, 1.54) is 0 Å². The first kappa shape index (κ1) is 16.1. The number of imidazole rings is 1. The molecule has 0 aromatic carbocycles. The summed E-state index contributed by atoms with van der Waals surface area (Å²) in [6.07, 6.45) is 7.80. The number of aryl methyl sites for hydroxylation is 1. The van der Waals surface area contributed by atoms with Crippen molar-refractivity contribution in [2.24, 2.45) is 0 Å². The molecule has 7 heteroatoms. The second kappa shape index (κ2) is 9.06. The van der Waals surface area contributed by atoms with Crippen LogP contribution in [0.4, 0.5) is 0 Å². The van der Waals surface area contributed by atoms with Gasteiger partial charge in [-0.05, 0) is 32.4 Å². The first-order chi connectivity index (χ1) is 9.14. The fourth-order valence-corrected chi connectivity index (χ4v) is 2.79. The maximum atomic E-state index is 11.7. The maximum absolute atomic E-state index is 11.7. The molecule has 0 atom stereocenters. The van der Waals surface area contributed by atoms with Crippen molar-refractivity contribution >= 4 is 10.0 Å². The first-order valence-electron chi connectivity index (χ1n) is 6.78. The molecule has 0 bridgehead atoms. The normalized spacial score (nSPS) is 11.8. The second-order valence-corrected chi connectivity index (χ2v) is 6.40. The Kier molecular flexibility index (Phi) is 7.69. The second-order valence-electron chi connectivity index (χ2n) is 4.47. The highest BCUT2D eigenvalue weighted by molar-refractivity contribution is 7.89. The van der Waals surface area contributed by atoms with Gasteiger partial charge in [0.25, 0.3) is 0 Å². The van der Waals surface area contributed by atoms with Crippen LogP contribution in [0.2, 0.25) is 0 Å². The van der Waals surface area contributed by atoms with Gasteiger partial charge in [0.05, 0.1) is 12.1 Å². The Bertz CT molecular complexity index is 417. The van der Waals surface area contributed by atoms with Crippen LogP contribution in [0.3, 0.4) is 0 Å². The molecule has 0 spiro atoms. The van der Waals surface area contributed by atoms with Crippen molar-refractivity contribution in [3.05, 3.63) is 18.7 Å². The van der Waals surface area contributed by atoms with Crippen LogP contribution >= 0.6 is 0 Å². The SMILES string of the molecule is CCCNCCCS(=O)(=O)NCCCn1ccnc1. The van der Waals surface area contributed by atoms with Gasteiger partial charge in [0.15, 0.2) is 0 Å². The minimum absolute atomic E-state index is 0.189. The molecule has 0 aliphatic heterocycles. The Hall–Kier alpha value is -0.920. The van der Waals surface area contributed by atoms with Crippen LogP contribution in [0.15, 0.2) is 18.7 Å². The standard InChI is InChI=1S/C12H24N4O2S/c1-2-5-13-6-4-11-19(17,18)15-7-3-9-16-10-8-14-12-16/h8,10,12-13,15H,2-7,9,11H2,1H3. The van der Waals surface area contributed by atoms with E-state index in [1.807, 2.05) is 10.8 Å². The average Bonchev–Trinajstić information content (AvgIpc) is 2.87. The van der Waals surface area contributed by atoms with Gasteiger partial charge in [0, 0.05) is 25.5 Å². The molecule has 110 valence electrons. The summed E-state index contributed by atoms with van der Waals surface area (Å²) in [5, 5.41) is 3.19. The summed E-state index contributed by atoms with van der Waals surface area (Å²) < 4.78 is 27.9. The van der Waals surface area contributed by atoms with Gasteiger partial charge in [-0.2, -0.15) is 0 Å². The van der Waals surface area contributed by atoms with Crippen molar-refractivity contribution in [1.82, 2.24) is 19.6 Å². The molecule has 1 heterocycles. The third kappa shape index (κ3) is 7.97. The highest BCUT2D eigenvalue weighted by Crippen LogP contribution is 1.92. The van der Waals surface area contributed by atoms with Crippen molar-refractivity contribution in [2.75, 3.05) is 25.4 Å². The van der Waals surface area contributed by atoms with Crippen LogP contribution in [0.1, 0.15) is 26.2 Å². The predicted octanol–water partition coefficient (Wildman–Crippen LogP) is 0.582. The lowest BCUT2D eigenvalue weighted by Gasteiger charge is -2.07. The van der Waals surface area contributed by atoms with E-state index in [0.29, 0.717) is 13.0 Å². The zero-order valence-electron chi connectivity index (χ0n) is 11.5. The Morgan fingerprint density at radius 3 is 2.74 bits per heavy atom. The Morgan fingerprint density at radius 2 is 2.05 bits per heavy atom. The van der Waals surface area contributed by atoms with Gasteiger partial charge in [-0.1, -0.05) is 6.92 Å². The lowest BCUT2D eigenvalue weighted by Crippen LogP contribution is -2.29. The fraction of sp³-hybridized carbons (Fsp3) is 0.750. The molecule has 0 radical (unpaired) electrons. The van der Waals surface area contributed by atoms with Crippen molar-refractivity contribution in [3.63, 3.8) is 0 Å². The highest BCUT2D eigenvalue weighted by Gasteiger charge is 2.08. The van der Waals surface area contributed by atoms with E-state index in [0.717, 1.165) is 32.5 Å². The maximum Gasteiger partial charge on any atom is 0.211 e. The smallest absolute Gasteiger partial charge is 0.211 e. The van der Waals surface area contributed by atoms with Gasteiger partial charge in [-0.15, -0.1) is 0 Å². The summed E-state index contributed by atoms with van der Waals surface area (Å²) in [6.45, 7) is 5.04.